The van der Waals surface area contributed by atoms with E-state index in [0.29, 0.717) is 25.9 Å². The minimum Gasteiger partial charge on any atom is -0.465 e. The number of rotatable bonds is 51. The van der Waals surface area contributed by atoms with Crippen molar-refractivity contribution in [3.05, 3.63) is 72.9 Å². The van der Waals surface area contributed by atoms with Gasteiger partial charge >= 0.3 is 5.97 Å². The minimum atomic E-state index is -1.58. The highest BCUT2D eigenvalue weighted by Crippen LogP contribution is 2.23. The smallest absolute Gasteiger partial charge is 0.305 e. The van der Waals surface area contributed by atoms with Crippen molar-refractivity contribution in [3.8, 4) is 0 Å². The highest BCUT2D eigenvalue weighted by molar-refractivity contribution is 5.76. The fourth-order valence-electron chi connectivity index (χ4n) is 9.07. The third-order valence-corrected chi connectivity index (χ3v) is 13.9. The number of amides is 1. The van der Waals surface area contributed by atoms with Crippen LogP contribution in [0.1, 0.15) is 251 Å². The molecule has 1 aliphatic rings. The number of unbranched alkanes of at least 4 members (excludes halogenated alkanes) is 28. The van der Waals surface area contributed by atoms with Gasteiger partial charge in [0.05, 0.1) is 32.0 Å². The number of allylic oxidation sites excluding steroid dienone is 10. The molecule has 0 saturated carbocycles. The summed E-state index contributed by atoms with van der Waals surface area (Å²) in [5.41, 5.74) is 0. The van der Waals surface area contributed by atoms with Gasteiger partial charge in [0.15, 0.2) is 6.29 Å². The molecule has 11 heteroatoms. The number of aliphatic hydroxyl groups is 5. The minimum absolute atomic E-state index is 0.0577. The van der Waals surface area contributed by atoms with Gasteiger partial charge in [-0.25, -0.2) is 0 Å². The van der Waals surface area contributed by atoms with Crippen LogP contribution < -0.4 is 5.32 Å². The largest absolute Gasteiger partial charge is 0.465 e. The molecule has 7 atom stereocenters. The van der Waals surface area contributed by atoms with Crippen LogP contribution in [0.2, 0.25) is 0 Å². The number of nitrogens with one attached hydrogen (secondary N) is 1. The zero-order valence-electron chi connectivity index (χ0n) is 47.0. The molecule has 1 amide bonds. The maximum atomic E-state index is 13.0. The number of esters is 1. The van der Waals surface area contributed by atoms with E-state index in [-0.39, 0.29) is 18.5 Å². The highest BCUT2D eigenvalue weighted by Gasteiger charge is 2.44. The summed E-state index contributed by atoms with van der Waals surface area (Å²) in [5.74, 6) is -0.264. The van der Waals surface area contributed by atoms with Gasteiger partial charge in [-0.05, 0) is 96.8 Å². The lowest BCUT2D eigenvalue weighted by Crippen LogP contribution is -2.60. The molecular formula is C63H111NO10. The van der Waals surface area contributed by atoms with Crippen molar-refractivity contribution in [1.29, 1.82) is 0 Å². The summed E-state index contributed by atoms with van der Waals surface area (Å²) in [6, 6.07) is -0.839. The van der Waals surface area contributed by atoms with Crippen molar-refractivity contribution in [2.45, 2.75) is 294 Å². The van der Waals surface area contributed by atoms with Crippen LogP contribution in [0.4, 0.5) is 0 Å². The number of carbonyl (C=O) groups excluding carboxylic acids is 2. The molecule has 1 saturated heterocycles. The second-order valence-electron chi connectivity index (χ2n) is 20.7. The molecule has 74 heavy (non-hydrogen) atoms. The summed E-state index contributed by atoms with van der Waals surface area (Å²) in [6.07, 6.45) is 59.1. The lowest BCUT2D eigenvalue weighted by molar-refractivity contribution is -0.302. The van der Waals surface area contributed by atoms with Gasteiger partial charge in [0.1, 0.15) is 24.4 Å². The molecule has 7 unspecified atom stereocenters. The monoisotopic (exact) mass is 1040 g/mol. The molecule has 0 bridgehead atoms. The van der Waals surface area contributed by atoms with E-state index >= 15 is 0 Å². The zero-order valence-corrected chi connectivity index (χ0v) is 47.0. The Hall–Kier alpha value is -2.90. The molecular weight excluding hydrogens is 931 g/mol. The van der Waals surface area contributed by atoms with Crippen LogP contribution in [-0.2, 0) is 23.8 Å². The van der Waals surface area contributed by atoms with E-state index in [1.807, 2.05) is 19.1 Å². The normalized spacial score (nSPS) is 19.4. The molecule has 1 heterocycles. The molecule has 0 aromatic rings. The zero-order chi connectivity index (χ0) is 53.8. The predicted octanol–water partition coefficient (Wildman–Crippen LogP) is 14.0. The van der Waals surface area contributed by atoms with Crippen LogP contribution >= 0.6 is 0 Å². The van der Waals surface area contributed by atoms with Gasteiger partial charge in [0, 0.05) is 12.8 Å². The van der Waals surface area contributed by atoms with E-state index in [1.54, 1.807) is 6.08 Å². The quantitative estimate of drug-likeness (QED) is 0.0195. The standard InChI is InChI=1S/C63H111NO10/c1-3-5-7-9-11-13-14-15-16-25-28-31-35-39-43-47-51-59(68)72-52-48-44-40-36-32-29-26-23-21-19-17-18-20-22-24-27-30-34-38-42-46-50-58(67)64-55(56(66)49-45-41-37-33-12-10-8-6-4-2)54-73-63-62(71)61(70)60(69)57(53-65)74-63/h4,6,12,16,25,29,32-33,40,44-45,49,55-57,60-63,65-66,69-71H,3,5,7-11,13-15,17-24,26-28,30-31,34-39,41-43,46-48,50-54H2,1-2H3,(H,64,67)/b6-4+,25-16-,32-29-,33-12+,44-40-,49-45+. The van der Waals surface area contributed by atoms with E-state index in [9.17, 15) is 35.1 Å². The Kier molecular flexibility index (Phi) is 48.7. The molecule has 0 radical (unpaired) electrons. The van der Waals surface area contributed by atoms with Gasteiger partial charge in [0.2, 0.25) is 5.91 Å². The summed E-state index contributed by atoms with van der Waals surface area (Å²) in [4.78, 5) is 25.0. The van der Waals surface area contributed by atoms with Crippen molar-refractivity contribution in [2.75, 3.05) is 19.8 Å². The van der Waals surface area contributed by atoms with Crippen molar-refractivity contribution in [2.24, 2.45) is 0 Å². The molecule has 1 fully saturated rings. The Morgan fingerprint density at radius 1 is 0.527 bits per heavy atom. The van der Waals surface area contributed by atoms with E-state index in [0.717, 1.165) is 77.0 Å². The van der Waals surface area contributed by atoms with Crippen LogP contribution in [0.5, 0.6) is 0 Å². The summed E-state index contributed by atoms with van der Waals surface area (Å²) >= 11 is 0. The van der Waals surface area contributed by atoms with Crippen molar-refractivity contribution in [3.63, 3.8) is 0 Å². The average molecular weight is 1040 g/mol. The topological polar surface area (TPSA) is 175 Å². The van der Waals surface area contributed by atoms with Crippen LogP contribution in [-0.4, -0.2) is 100 Å². The van der Waals surface area contributed by atoms with Crippen molar-refractivity contribution in [1.82, 2.24) is 5.32 Å². The van der Waals surface area contributed by atoms with Crippen LogP contribution in [0, 0.1) is 0 Å². The first-order valence-electron chi connectivity index (χ1n) is 30.2. The molecule has 428 valence electrons. The Balaban J connectivity index is 2.03. The Morgan fingerprint density at radius 2 is 0.973 bits per heavy atom. The van der Waals surface area contributed by atoms with E-state index in [2.05, 4.69) is 66.9 Å². The summed E-state index contributed by atoms with van der Waals surface area (Å²) in [6.45, 7) is 3.96. The fourth-order valence-corrected chi connectivity index (χ4v) is 9.07. The fraction of sp³-hybridized carbons (Fsp3) is 0.778. The maximum Gasteiger partial charge on any atom is 0.305 e. The van der Waals surface area contributed by atoms with Crippen LogP contribution in [0.3, 0.4) is 0 Å². The first-order valence-corrected chi connectivity index (χ1v) is 30.2. The first kappa shape index (κ1) is 69.1. The van der Waals surface area contributed by atoms with E-state index in [4.69, 9.17) is 14.2 Å². The number of carbonyl (C=O) groups is 2. The lowest BCUT2D eigenvalue weighted by Gasteiger charge is -2.40. The third kappa shape index (κ3) is 41.3. The van der Waals surface area contributed by atoms with Gasteiger partial charge in [0.25, 0.3) is 0 Å². The number of aliphatic hydroxyl groups excluding tert-OH is 5. The van der Waals surface area contributed by atoms with Gasteiger partial charge in [-0.2, -0.15) is 0 Å². The van der Waals surface area contributed by atoms with Crippen LogP contribution in [0.25, 0.3) is 0 Å². The second kappa shape index (κ2) is 52.2. The van der Waals surface area contributed by atoms with Gasteiger partial charge in [-0.15, -0.1) is 0 Å². The number of hydrogen-bond donors (Lipinski definition) is 6. The highest BCUT2D eigenvalue weighted by atomic mass is 16.7. The predicted molar refractivity (Wildman–Crippen MR) is 306 cm³/mol. The Labute approximate surface area is 451 Å². The molecule has 0 spiro atoms. The van der Waals surface area contributed by atoms with Crippen molar-refractivity contribution < 1.29 is 49.3 Å². The SMILES string of the molecule is C/C=C/CC/C=C/CC/C=C/C(O)C(COC1OC(CO)C(O)C(O)C1O)NC(=O)CCCCCCCCCCCCCCCC/C=C\C/C=C\CCOC(=O)CCCCCCC/C=C\CCCCCCCCC. The second-order valence-corrected chi connectivity index (χ2v) is 20.7. The first-order chi connectivity index (χ1) is 36.2. The Bertz CT molecular complexity index is 1460. The Morgan fingerprint density at radius 3 is 1.50 bits per heavy atom. The summed E-state index contributed by atoms with van der Waals surface area (Å²) in [5, 5.41) is 54.1. The van der Waals surface area contributed by atoms with E-state index < -0.39 is 49.5 Å². The molecule has 1 aliphatic heterocycles. The maximum absolute atomic E-state index is 13.0. The van der Waals surface area contributed by atoms with Crippen LogP contribution in [0.15, 0.2) is 72.9 Å². The molecule has 0 aliphatic carbocycles. The molecule has 6 N–H and O–H groups in total. The molecule has 1 rings (SSSR count). The average Bonchev–Trinajstić information content (AvgIpc) is 3.40. The van der Waals surface area contributed by atoms with Crippen molar-refractivity contribution >= 4 is 11.9 Å². The summed E-state index contributed by atoms with van der Waals surface area (Å²) < 4.78 is 16.6. The summed E-state index contributed by atoms with van der Waals surface area (Å²) in [7, 11) is 0. The molecule has 0 aromatic heterocycles. The van der Waals surface area contributed by atoms with Gasteiger partial charge in [-0.3, -0.25) is 9.59 Å². The van der Waals surface area contributed by atoms with Gasteiger partial charge in [-0.1, -0.05) is 215 Å². The van der Waals surface area contributed by atoms with Gasteiger partial charge < -0.3 is 45.1 Å². The molecule has 11 nitrogen and oxygen atoms in total. The molecule has 0 aromatic carbocycles. The number of ether oxygens (including phenoxy) is 3. The lowest BCUT2D eigenvalue weighted by atomic mass is 9.99. The van der Waals surface area contributed by atoms with E-state index in [1.165, 1.54) is 141 Å². The third-order valence-electron chi connectivity index (χ3n) is 13.9. The number of hydrogen-bond acceptors (Lipinski definition) is 10.